The first-order valence-electron chi connectivity index (χ1n) is 13.4. The number of rotatable bonds is 5. The Morgan fingerprint density at radius 1 is 1.16 bits per heavy atom. The number of aromatic amines is 1. The van der Waals surface area contributed by atoms with Crippen LogP contribution >= 0.6 is 11.6 Å². The van der Waals surface area contributed by atoms with Crippen LogP contribution < -0.4 is 10.7 Å². The number of nitrogens with one attached hydrogen (secondary N) is 1. The second kappa shape index (κ2) is 9.20. The highest BCUT2D eigenvalue weighted by Crippen LogP contribution is 2.47. The van der Waals surface area contributed by atoms with Crippen molar-refractivity contribution in [3.63, 3.8) is 0 Å². The van der Waals surface area contributed by atoms with Crippen molar-refractivity contribution >= 4 is 28.7 Å². The number of anilines is 1. The van der Waals surface area contributed by atoms with Gasteiger partial charge in [-0.3, -0.25) is 9.51 Å². The number of benzene rings is 1. The van der Waals surface area contributed by atoms with Crippen LogP contribution in [-0.2, 0) is 11.3 Å². The van der Waals surface area contributed by atoms with E-state index in [1.165, 1.54) is 25.7 Å². The van der Waals surface area contributed by atoms with E-state index in [1.807, 2.05) is 24.3 Å². The monoisotopic (exact) mass is 535 g/mol. The number of fused-ring (bicyclic) bond motifs is 1. The molecule has 3 aromatic heterocycles. The maximum absolute atomic E-state index is 11.7. The van der Waals surface area contributed by atoms with Gasteiger partial charge in [0.2, 0.25) is 17.6 Å². The molecular formula is C27H30ClN7O3. The second-order valence-corrected chi connectivity index (χ2v) is 11.5. The molecule has 4 aromatic rings. The van der Waals surface area contributed by atoms with Crippen LogP contribution in [0.5, 0.6) is 0 Å². The van der Waals surface area contributed by atoms with E-state index in [1.54, 1.807) is 0 Å². The lowest BCUT2D eigenvalue weighted by molar-refractivity contribution is 0.0850. The fraction of sp³-hybridized carbons (Fsp3) is 0.519. The van der Waals surface area contributed by atoms with Crippen LogP contribution in [0.25, 0.3) is 34.1 Å². The van der Waals surface area contributed by atoms with E-state index in [9.17, 15) is 4.79 Å². The van der Waals surface area contributed by atoms with Crippen LogP contribution in [0.3, 0.4) is 0 Å². The molecule has 1 saturated heterocycles. The number of nitrogens with zero attached hydrogens (tertiary/aromatic N) is 6. The summed E-state index contributed by atoms with van der Waals surface area (Å²) in [6.45, 7) is 5.37. The first kappa shape index (κ1) is 23.8. The average Bonchev–Trinajstić information content (AvgIpc) is 3.38. The zero-order valence-electron chi connectivity index (χ0n) is 21.3. The molecule has 10 nitrogen and oxygen atoms in total. The molecule has 2 aliphatic carbocycles. The van der Waals surface area contributed by atoms with Crippen molar-refractivity contribution in [2.75, 3.05) is 24.7 Å². The standard InChI is InChI=1S/C27H30ClN7O3/c1-16-5-7-17(8-6-16)14-34-21-20(18-3-2-4-19(28)13-18)29-23(24-32-26(36)38-33-24)30-22(21)31-25(34)35-11-12-37-15-27(35)9-10-27/h2-4,13,16-17H,5-12,14-15H2,1H3,(H,32,33,36)/t16-,17-. The Morgan fingerprint density at radius 3 is 2.74 bits per heavy atom. The predicted octanol–water partition coefficient (Wildman–Crippen LogP) is 4.69. The van der Waals surface area contributed by atoms with Crippen LogP contribution in [0.1, 0.15) is 45.4 Å². The Hall–Kier alpha value is -3.24. The molecule has 1 N–H and O–H groups in total. The molecule has 0 unspecified atom stereocenters. The molecule has 4 heterocycles. The van der Waals surface area contributed by atoms with Crippen molar-refractivity contribution in [1.29, 1.82) is 0 Å². The van der Waals surface area contributed by atoms with Crippen LogP contribution in [0.4, 0.5) is 5.95 Å². The van der Waals surface area contributed by atoms with Crippen molar-refractivity contribution in [3.8, 4) is 22.9 Å². The molecular weight excluding hydrogens is 506 g/mol. The van der Waals surface area contributed by atoms with Gasteiger partial charge in [0.25, 0.3) is 0 Å². The van der Waals surface area contributed by atoms with E-state index in [2.05, 4.69) is 26.5 Å². The number of H-pyrrole nitrogens is 1. The summed E-state index contributed by atoms with van der Waals surface area (Å²) in [6, 6.07) is 7.64. The van der Waals surface area contributed by atoms with Crippen molar-refractivity contribution in [1.82, 2.24) is 29.7 Å². The summed E-state index contributed by atoms with van der Waals surface area (Å²) < 4.78 is 13.0. The van der Waals surface area contributed by atoms with Crippen molar-refractivity contribution in [3.05, 3.63) is 39.8 Å². The summed E-state index contributed by atoms with van der Waals surface area (Å²) >= 11 is 6.42. The van der Waals surface area contributed by atoms with Gasteiger partial charge < -0.3 is 14.2 Å². The van der Waals surface area contributed by atoms with Crippen molar-refractivity contribution in [2.45, 2.75) is 57.5 Å². The van der Waals surface area contributed by atoms with E-state index >= 15 is 0 Å². The van der Waals surface area contributed by atoms with Crippen LogP contribution in [0.2, 0.25) is 5.02 Å². The summed E-state index contributed by atoms with van der Waals surface area (Å²) in [5.74, 6) is 2.01. The molecule has 0 bridgehead atoms. The average molecular weight is 536 g/mol. The largest absolute Gasteiger partial charge is 0.439 e. The minimum Gasteiger partial charge on any atom is -0.377 e. The maximum Gasteiger partial charge on any atom is 0.439 e. The third kappa shape index (κ3) is 4.19. The van der Waals surface area contributed by atoms with Gasteiger partial charge >= 0.3 is 5.76 Å². The number of aromatic nitrogens is 6. The third-order valence-electron chi connectivity index (χ3n) is 8.38. The summed E-state index contributed by atoms with van der Waals surface area (Å²) in [5, 5.41) is 4.46. The molecule has 7 rings (SSSR count). The van der Waals surface area contributed by atoms with E-state index in [4.69, 9.17) is 35.8 Å². The van der Waals surface area contributed by atoms with Crippen LogP contribution in [-0.4, -0.2) is 55.0 Å². The van der Waals surface area contributed by atoms with E-state index in [0.717, 1.165) is 55.5 Å². The number of hydrogen-bond donors (Lipinski definition) is 1. The maximum atomic E-state index is 11.7. The lowest BCUT2D eigenvalue weighted by Crippen LogP contribution is -2.49. The minimum absolute atomic E-state index is 0.00226. The third-order valence-corrected chi connectivity index (χ3v) is 8.62. The first-order valence-corrected chi connectivity index (χ1v) is 13.8. The number of halogens is 1. The van der Waals surface area contributed by atoms with Gasteiger partial charge in [0.15, 0.2) is 5.65 Å². The summed E-state index contributed by atoms with van der Waals surface area (Å²) in [7, 11) is 0. The molecule has 0 amide bonds. The van der Waals surface area contributed by atoms with Gasteiger partial charge in [-0.1, -0.05) is 48.7 Å². The van der Waals surface area contributed by atoms with Gasteiger partial charge in [0, 0.05) is 23.7 Å². The molecule has 1 aliphatic heterocycles. The molecule has 1 aromatic carbocycles. The minimum atomic E-state index is -0.658. The Bertz CT molecular complexity index is 1550. The number of ether oxygens (including phenoxy) is 1. The number of imidazole rings is 1. The quantitative estimate of drug-likeness (QED) is 0.391. The summed E-state index contributed by atoms with van der Waals surface area (Å²) in [6.07, 6.45) is 7.07. The SMILES string of the molecule is C[C@H]1CC[C@H](Cn2c(N3CCOCC34CC4)nc3nc(-c4noc(=O)[nH]4)nc(-c4cccc(Cl)c4)c32)CC1. The van der Waals surface area contributed by atoms with Gasteiger partial charge in [-0.05, 0) is 49.7 Å². The van der Waals surface area contributed by atoms with Gasteiger partial charge in [-0.2, -0.15) is 4.98 Å². The zero-order chi connectivity index (χ0) is 25.9. The topological polar surface area (TPSA) is 115 Å². The highest BCUT2D eigenvalue weighted by atomic mass is 35.5. The Kier molecular flexibility index (Phi) is 5.77. The Morgan fingerprint density at radius 2 is 2.00 bits per heavy atom. The summed E-state index contributed by atoms with van der Waals surface area (Å²) in [4.78, 5) is 31.6. The predicted molar refractivity (Wildman–Crippen MR) is 143 cm³/mol. The molecule has 38 heavy (non-hydrogen) atoms. The van der Waals surface area contributed by atoms with E-state index in [-0.39, 0.29) is 17.2 Å². The van der Waals surface area contributed by atoms with Crippen molar-refractivity contribution in [2.24, 2.45) is 11.8 Å². The molecule has 0 radical (unpaired) electrons. The Balaban J connectivity index is 1.45. The zero-order valence-corrected chi connectivity index (χ0v) is 22.1. The van der Waals surface area contributed by atoms with Gasteiger partial charge in [-0.15, -0.1) is 0 Å². The number of morpholine rings is 1. The molecule has 11 heteroatoms. The molecule has 3 fully saturated rings. The molecule has 198 valence electrons. The fourth-order valence-corrected chi connectivity index (χ4v) is 6.24. The molecule has 0 atom stereocenters. The molecule has 3 aliphatic rings. The van der Waals surface area contributed by atoms with E-state index < -0.39 is 5.76 Å². The highest BCUT2D eigenvalue weighted by molar-refractivity contribution is 6.30. The highest BCUT2D eigenvalue weighted by Gasteiger charge is 2.51. The van der Waals surface area contributed by atoms with Crippen LogP contribution in [0, 0.1) is 11.8 Å². The Labute approximate surface area is 224 Å². The van der Waals surface area contributed by atoms with E-state index in [0.29, 0.717) is 28.9 Å². The lowest BCUT2D eigenvalue weighted by atomic mass is 9.83. The van der Waals surface area contributed by atoms with Gasteiger partial charge in [0.1, 0.15) is 11.2 Å². The lowest BCUT2D eigenvalue weighted by Gasteiger charge is -2.37. The fourth-order valence-electron chi connectivity index (χ4n) is 6.05. The van der Waals surface area contributed by atoms with Gasteiger partial charge in [-0.25, -0.2) is 14.8 Å². The number of hydrogen-bond acceptors (Lipinski definition) is 8. The molecule has 1 spiro atoms. The van der Waals surface area contributed by atoms with Crippen LogP contribution in [0.15, 0.2) is 33.6 Å². The second-order valence-electron chi connectivity index (χ2n) is 11.1. The smallest absolute Gasteiger partial charge is 0.377 e. The normalized spacial score (nSPS) is 22.8. The van der Waals surface area contributed by atoms with Gasteiger partial charge in [0.05, 0.1) is 18.8 Å². The van der Waals surface area contributed by atoms with Crippen molar-refractivity contribution < 1.29 is 9.26 Å². The summed E-state index contributed by atoms with van der Waals surface area (Å²) in [5.41, 5.74) is 3.00. The molecule has 2 saturated carbocycles. The first-order chi connectivity index (χ1) is 18.5.